The second-order valence-electron chi connectivity index (χ2n) is 6.32. The molecule has 0 aliphatic carbocycles. The van der Waals surface area contributed by atoms with Crippen LogP contribution in [0.25, 0.3) is 10.9 Å². The van der Waals surface area contributed by atoms with Crippen molar-refractivity contribution in [3.63, 3.8) is 0 Å². The van der Waals surface area contributed by atoms with Crippen molar-refractivity contribution in [3.05, 3.63) is 75.5 Å². The van der Waals surface area contributed by atoms with Gasteiger partial charge in [-0.25, -0.2) is 0 Å². The van der Waals surface area contributed by atoms with Crippen molar-refractivity contribution >= 4 is 34.1 Å². The molecule has 0 aliphatic heterocycles. The summed E-state index contributed by atoms with van der Waals surface area (Å²) in [6.45, 7) is 2.29. The Balaban J connectivity index is 1.73. The lowest BCUT2D eigenvalue weighted by atomic mass is 10.1. The molecule has 0 fully saturated rings. The Morgan fingerprint density at radius 2 is 1.88 bits per heavy atom. The van der Waals surface area contributed by atoms with Gasteiger partial charge < -0.3 is 9.88 Å². The number of carbonyl (C=O) groups excluding carboxylic acids is 1. The predicted octanol–water partition coefficient (Wildman–Crippen LogP) is 4.64. The van der Waals surface area contributed by atoms with Crippen LogP contribution in [-0.4, -0.2) is 10.5 Å². The number of rotatable bonds is 6. The van der Waals surface area contributed by atoms with E-state index in [-0.39, 0.29) is 17.9 Å². The second kappa shape index (κ2) is 8.19. The van der Waals surface area contributed by atoms with Crippen LogP contribution in [0.3, 0.4) is 0 Å². The van der Waals surface area contributed by atoms with Gasteiger partial charge >= 0.3 is 0 Å². The Hall–Kier alpha value is -2.59. The first kappa shape index (κ1) is 18.2. The third-order valence-corrected chi connectivity index (χ3v) is 4.55. The summed E-state index contributed by atoms with van der Waals surface area (Å²) in [5.74, 6) is -0.147. The maximum Gasteiger partial charge on any atom is 0.244 e. The van der Waals surface area contributed by atoms with E-state index in [9.17, 15) is 9.59 Å². The van der Waals surface area contributed by atoms with Gasteiger partial charge in [-0.2, -0.15) is 0 Å². The fourth-order valence-electron chi connectivity index (χ4n) is 2.91. The second-order valence-corrected chi connectivity index (χ2v) is 6.75. The number of hydrogen-bond donors (Lipinski definition) is 1. The molecule has 0 spiro atoms. The smallest absolute Gasteiger partial charge is 0.244 e. The fraction of sp³-hybridized carbons (Fsp3) is 0.238. The molecule has 1 N–H and O–H groups in total. The number of anilines is 1. The Labute approximate surface area is 157 Å². The summed E-state index contributed by atoms with van der Waals surface area (Å²) in [4.78, 5) is 24.4. The average molecular weight is 369 g/mol. The van der Waals surface area contributed by atoms with Gasteiger partial charge in [-0.3, -0.25) is 9.59 Å². The van der Waals surface area contributed by atoms with Crippen LogP contribution < -0.4 is 10.7 Å². The summed E-state index contributed by atoms with van der Waals surface area (Å²) in [5, 5.41) is 3.91. The summed E-state index contributed by atoms with van der Waals surface area (Å²) in [6, 6.07) is 14.5. The number of pyridine rings is 1. The highest BCUT2D eigenvalue weighted by atomic mass is 35.5. The summed E-state index contributed by atoms with van der Waals surface area (Å²) < 4.78 is 1.75. The Kier molecular flexibility index (Phi) is 5.74. The largest absolute Gasteiger partial charge is 0.338 e. The number of aromatic nitrogens is 1. The highest BCUT2D eigenvalue weighted by Crippen LogP contribution is 2.17. The van der Waals surface area contributed by atoms with E-state index < -0.39 is 0 Å². The molecule has 2 aromatic carbocycles. The lowest BCUT2D eigenvalue weighted by molar-refractivity contribution is -0.116. The molecule has 3 rings (SSSR count). The van der Waals surface area contributed by atoms with E-state index in [1.807, 2.05) is 24.3 Å². The zero-order chi connectivity index (χ0) is 18.5. The molecule has 0 bridgehead atoms. The summed E-state index contributed by atoms with van der Waals surface area (Å²) in [7, 11) is 0. The average Bonchev–Trinajstić information content (AvgIpc) is 2.63. The predicted molar refractivity (Wildman–Crippen MR) is 107 cm³/mol. The molecule has 1 heterocycles. The molecule has 0 atom stereocenters. The third-order valence-electron chi connectivity index (χ3n) is 4.31. The molecular formula is C21H21ClN2O2. The van der Waals surface area contributed by atoms with Crippen LogP contribution in [0.1, 0.15) is 25.3 Å². The molecule has 3 aromatic rings. The zero-order valence-electron chi connectivity index (χ0n) is 14.7. The number of aryl methyl sites for hydroxylation is 1. The van der Waals surface area contributed by atoms with Gasteiger partial charge in [0.25, 0.3) is 0 Å². The highest BCUT2D eigenvalue weighted by Gasteiger charge is 2.08. The molecular weight excluding hydrogens is 348 g/mol. The van der Waals surface area contributed by atoms with E-state index in [4.69, 9.17) is 11.6 Å². The highest BCUT2D eigenvalue weighted by molar-refractivity contribution is 6.31. The van der Waals surface area contributed by atoms with Gasteiger partial charge in [0, 0.05) is 28.4 Å². The Morgan fingerprint density at radius 3 is 2.62 bits per heavy atom. The molecule has 0 unspecified atom stereocenters. The number of unbranched alkanes of at least 4 members (excludes halogenated alkanes) is 1. The number of benzene rings is 2. The topological polar surface area (TPSA) is 51.1 Å². The van der Waals surface area contributed by atoms with Crippen LogP contribution >= 0.6 is 11.6 Å². The molecule has 1 aromatic heterocycles. The van der Waals surface area contributed by atoms with E-state index in [2.05, 4.69) is 12.2 Å². The molecule has 0 saturated heterocycles. The number of fused-ring (bicyclic) bond motifs is 1. The van der Waals surface area contributed by atoms with E-state index in [1.165, 1.54) is 11.6 Å². The van der Waals surface area contributed by atoms with Crippen molar-refractivity contribution in [2.24, 2.45) is 0 Å². The minimum absolute atomic E-state index is 0.109. The minimum atomic E-state index is -0.147. The van der Waals surface area contributed by atoms with Crippen molar-refractivity contribution in [2.75, 3.05) is 5.32 Å². The van der Waals surface area contributed by atoms with Crippen LogP contribution in [0.5, 0.6) is 0 Å². The van der Waals surface area contributed by atoms with Gasteiger partial charge in [-0.1, -0.05) is 37.1 Å². The molecule has 5 heteroatoms. The fourth-order valence-corrected chi connectivity index (χ4v) is 3.08. The van der Waals surface area contributed by atoms with Gasteiger partial charge in [0.15, 0.2) is 5.43 Å². The van der Waals surface area contributed by atoms with Crippen LogP contribution in [0.4, 0.5) is 5.69 Å². The molecule has 0 saturated carbocycles. The molecule has 0 radical (unpaired) electrons. The van der Waals surface area contributed by atoms with Crippen molar-refractivity contribution < 1.29 is 4.79 Å². The van der Waals surface area contributed by atoms with E-state index >= 15 is 0 Å². The number of hydrogen-bond acceptors (Lipinski definition) is 2. The molecule has 0 aliphatic rings. The van der Waals surface area contributed by atoms with Crippen molar-refractivity contribution in [2.45, 2.75) is 32.7 Å². The van der Waals surface area contributed by atoms with E-state index in [1.54, 1.807) is 29.0 Å². The quantitative estimate of drug-likeness (QED) is 0.689. The molecule has 4 nitrogen and oxygen atoms in total. The Bertz CT molecular complexity index is 977. The number of amides is 1. The number of nitrogens with zero attached hydrogens (tertiary/aromatic N) is 1. The first-order chi connectivity index (χ1) is 12.6. The Morgan fingerprint density at radius 1 is 1.12 bits per heavy atom. The summed E-state index contributed by atoms with van der Waals surface area (Å²) >= 11 is 5.97. The van der Waals surface area contributed by atoms with Crippen LogP contribution in [-0.2, 0) is 17.8 Å². The lowest BCUT2D eigenvalue weighted by Crippen LogP contribution is -2.20. The van der Waals surface area contributed by atoms with E-state index in [0.717, 1.165) is 24.9 Å². The van der Waals surface area contributed by atoms with Gasteiger partial charge in [-0.05, 0) is 48.7 Å². The third kappa shape index (κ3) is 4.33. The van der Waals surface area contributed by atoms with Gasteiger partial charge in [-0.15, -0.1) is 0 Å². The first-order valence-electron chi connectivity index (χ1n) is 8.74. The summed E-state index contributed by atoms with van der Waals surface area (Å²) in [6.07, 6.45) is 5.01. The molecule has 134 valence electrons. The monoisotopic (exact) mass is 368 g/mol. The minimum Gasteiger partial charge on any atom is -0.338 e. The van der Waals surface area contributed by atoms with Crippen LogP contribution in [0.15, 0.2) is 59.5 Å². The molecule has 26 heavy (non-hydrogen) atoms. The van der Waals surface area contributed by atoms with Crippen molar-refractivity contribution in [1.82, 2.24) is 4.57 Å². The van der Waals surface area contributed by atoms with Crippen LogP contribution in [0, 0.1) is 0 Å². The maximum absolute atomic E-state index is 12.4. The standard InChI is InChI=1S/C21H21ClN2O2/c1-2-3-4-15-5-8-17(9-6-15)23-21(26)14-24-12-11-20(25)18-13-16(22)7-10-19(18)24/h5-13H,2-4,14H2,1H3,(H,23,26). The summed E-state index contributed by atoms with van der Waals surface area (Å²) in [5.41, 5.74) is 2.62. The number of carbonyl (C=O) groups is 1. The van der Waals surface area contributed by atoms with Gasteiger partial charge in [0.1, 0.15) is 6.54 Å². The van der Waals surface area contributed by atoms with Crippen LogP contribution in [0.2, 0.25) is 5.02 Å². The van der Waals surface area contributed by atoms with Crippen molar-refractivity contribution in [1.29, 1.82) is 0 Å². The van der Waals surface area contributed by atoms with E-state index in [0.29, 0.717) is 15.9 Å². The molecule has 1 amide bonds. The number of halogens is 1. The normalized spacial score (nSPS) is 10.8. The van der Waals surface area contributed by atoms with Gasteiger partial charge in [0.05, 0.1) is 5.52 Å². The SMILES string of the molecule is CCCCc1ccc(NC(=O)Cn2ccc(=O)c3cc(Cl)ccc32)cc1. The number of nitrogens with one attached hydrogen (secondary N) is 1. The maximum atomic E-state index is 12.4. The first-order valence-corrected chi connectivity index (χ1v) is 9.12. The van der Waals surface area contributed by atoms with Crippen molar-refractivity contribution in [3.8, 4) is 0 Å². The zero-order valence-corrected chi connectivity index (χ0v) is 15.4. The van der Waals surface area contributed by atoms with Gasteiger partial charge in [0.2, 0.25) is 5.91 Å². The lowest BCUT2D eigenvalue weighted by Gasteiger charge is -2.11.